The Bertz CT molecular complexity index is 4510. The SMILES string of the molecule is CC1(C)c2ccccc2-c2cc(-c3c4ccc(-c5ccccc5)cc4c(-c4ccc5c(c4)C(C)(C)c4ccccc4-5)c4cc5c(-c6ccccc6)c(-c6ccc7ccccc7c6)c6ccccc6c5cc34)ccc21. The maximum atomic E-state index is 2.59. The predicted octanol–water partition coefficient (Wildman–Crippen LogP) is 20.4. The Balaban J connectivity index is 1.14. The summed E-state index contributed by atoms with van der Waals surface area (Å²) in [6.07, 6.45) is 0. The van der Waals surface area contributed by atoms with Crippen molar-refractivity contribution in [3.63, 3.8) is 0 Å². The van der Waals surface area contributed by atoms with Gasteiger partial charge in [0.1, 0.15) is 0 Å². The smallest absolute Gasteiger partial charge is 0.0159 e. The van der Waals surface area contributed by atoms with E-state index in [1.165, 1.54) is 154 Å². The van der Waals surface area contributed by atoms with Crippen molar-refractivity contribution < 1.29 is 0 Å². The van der Waals surface area contributed by atoms with Gasteiger partial charge in [-0.3, -0.25) is 0 Å². The summed E-state index contributed by atoms with van der Waals surface area (Å²) in [5, 5.41) is 12.5. The summed E-state index contributed by atoms with van der Waals surface area (Å²) in [5.41, 5.74) is 22.9. The fourth-order valence-electron chi connectivity index (χ4n) is 13.6. The van der Waals surface area contributed by atoms with Gasteiger partial charge in [-0.25, -0.2) is 0 Å². The first kappa shape index (κ1) is 42.8. The molecule has 0 amide bonds. The summed E-state index contributed by atoms with van der Waals surface area (Å²) in [5.74, 6) is 0. The van der Waals surface area contributed by atoms with E-state index >= 15 is 0 Å². The molecule has 0 aliphatic heterocycles. The Morgan fingerprint density at radius 2 is 0.662 bits per heavy atom. The quantitative estimate of drug-likeness (QED) is 0.119. The van der Waals surface area contributed by atoms with Crippen LogP contribution in [0.15, 0.2) is 243 Å². The van der Waals surface area contributed by atoms with Gasteiger partial charge in [-0.2, -0.15) is 0 Å². The van der Waals surface area contributed by atoms with Gasteiger partial charge in [0.15, 0.2) is 0 Å². The number of benzene rings is 13. The molecule has 0 saturated carbocycles. The lowest BCUT2D eigenvalue weighted by Crippen LogP contribution is -2.14. The van der Waals surface area contributed by atoms with Gasteiger partial charge >= 0.3 is 0 Å². The van der Waals surface area contributed by atoms with Gasteiger partial charge in [0.2, 0.25) is 0 Å². The first-order valence-electron chi connectivity index (χ1n) is 26.2. The van der Waals surface area contributed by atoms with E-state index in [1.54, 1.807) is 0 Å². The molecule has 0 nitrogen and oxygen atoms in total. The number of fused-ring (bicyclic) bond motifs is 12. The van der Waals surface area contributed by atoms with E-state index < -0.39 is 0 Å². The van der Waals surface area contributed by atoms with E-state index in [0.29, 0.717) is 0 Å². The molecule has 2 aliphatic carbocycles. The van der Waals surface area contributed by atoms with Crippen LogP contribution >= 0.6 is 0 Å². The fraction of sp³-hybridized carbons (Fsp3) is 0.0811. The molecule has 0 heteroatoms. The minimum atomic E-state index is -0.169. The Morgan fingerprint density at radius 1 is 0.203 bits per heavy atom. The van der Waals surface area contributed by atoms with Gasteiger partial charge in [0, 0.05) is 10.8 Å². The van der Waals surface area contributed by atoms with Crippen LogP contribution in [0.3, 0.4) is 0 Å². The largest absolute Gasteiger partial charge is 0.0622 e. The lowest BCUT2D eigenvalue weighted by atomic mass is 9.78. The third kappa shape index (κ3) is 6.15. The van der Waals surface area contributed by atoms with Crippen LogP contribution in [0.1, 0.15) is 49.9 Å². The molecule has 348 valence electrons. The molecule has 0 unspecified atom stereocenters. The Hall–Kier alpha value is -8.84. The molecule has 74 heavy (non-hydrogen) atoms. The number of hydrogen-bond acceptors (Lipinski definition) is 0. The molecule has 0 N–H and O–H groups in total. The van der Waals surface area contributed by atoms with Crippen molar-refractivity contribution in [3.8, 4) is 77.9 Å². The maximum absolute atomic E-state index is 2.59. The molecule has 2 aliphatic rings. The molecule has 0 bridgehead atoms. The molecule has 0 radical (unpaired) electrons. The zero-order chi connectivity index (χ0) is 49.5. The van der Waals surface area contributed by atoms with Crippen LogP contribution in [0, 0.1) is 0 Å². The summed E-state index contributed by atoms with van der Waals surface area (Å²) in [7, 11) is 0. The maximum Gasteiger partial charge on any atom is 0.0159 e. The van der Waals surface area contributed by atoms with E-state index in [4.69, 9.17) is 0 Å². The highest BCUT2D eigenvalue weighted by Gasteiger charge is 2.37. The summed E-state index contributed by atoms with van der Waals surface area (Å²) < 4.78 is 0. The molecule has 0 saturated heterocycles. The molecular formula is C74H52. The van der Waals surface area contributed by atoms with Crippen LogP contribution in [0.4, 0.5) is 0 Å². The van der Waals surface area contributed by atoms with E-state index in [0.717, 1.165) is 0 Å². The summed E-state index contributed by atoms with van der Waals surface area (Å²) >= 11 is 0. The molecule has 0 heterocycles. The lowest BCUT2D eigenvalue weighted by Gasteiger charge is -2.25. The second-order valence-electron chi connectivity index (χ2n) is 21.9. The van der Waals surface area contributed by atoms with Crippen LogP contribution in [-0.2, 0) is 10.8 Å². The second kappa shape index (κ2) is 15.8. The standard InChI is InChI=1S/C74H52/c1-73(2)66-30-18-16-27-55(66)60-41-51(35-38-67(60)73)69-58-37-33-49(45-19-7-5-8-20-45)40-61(58)70(52-34-36-56-54-26-15-17-29-65(54)74(3,4)68(56)42-52)64-44-62-59(43-63(64)69)53-25-13-14-28-57(53)72(71(62)47-22-9-6-10-23-47)50-32-31-46-21-11-12-24-48(46)39-50/h5-44H,1-4H3. The first-order chi connectivity index (χ1) is 36.2. The highest BCUT2D eigenvalue weighted by atomic mass is 14.4. The van der Waals surface area contributed by atoms with Crippen LogP contribution in [0.5, 0.6) is 0 Å². The zero-order valence-electron chi connectivity index (χ0n) is 42.1. The van der Waals surface area contributed by atoms with Crippen LogP contribution in [0.25, 0.3) is 132 Å². The molecule has 0 aromatic heterocycles. The summed E-state index contributed by atoms with van der Waals surface area (Å²) in [6.45, 7) is 9.57. The molecule has 0 atom stereocenters. The topological polar surface area (TPSA) is 0 Å². The van der Waals surface area contributed by atoms with Gasteiger partial charge in [0.25, 0.3) is 0 Å². The van der Waals surface area contributed by atoms with Crippen molar-refractivity contribution in [3.05, 3.63) is 265 Å². The van der Waals surface area contributed by atoms with Gasteiger partial charge in [-0.05, 0) is 190 Å². The molecule has 15 rings (SSSR count). The van der Waals surface area contributed by atoms with Crippen molar-refractivity contribution in [2.75, 3.05) is 0 Å². The minimum absolute atomic E-state index is 0.101. The third-order valence-corrected chi connectivity index (χ3v) is 17.2. The minimum Gasteiger partial charge on any atom is -0.0622 e. The van der Waals surface area contributed by atoms with E-state index in [1.807, 2.05) is 0 Å². The normalized spacial score (nSPS) is 13.9. The van der Waals surface area contributed by atoms with E-state index in [9.17, 15) is 0 Å². The first-order valence-corrected chi connectivity index (χ1v) is 26.2. The Kier molecular flexibility index (Phi) is 9.16. The lowest BCUT2D eigenvalue weighted by molar-refractivity contribution is 0.660. The van der Waals surface area contributed by atoms with Gasteiger partial charge in [0.05, 0.1) is 0 Å². The van der Waals surface area contributed by atoms with E-state index in [-0.39, 0.29) is 10.8 Å². The summed E-state index contributed by atoms with van der Waals surface area (Å²) in [6, 6.07) is 92.2. The van der Waals surface area contributed by atoms with Gasteiger partial charge < -0.3 is 0 Å². The van der Waals surface area contributed by atoms with Gasteiger partial charge in [-0.1, -0.05) is 234 Å². The fourth-order valence-corrected chi connectivity index (χ4v) is 13.6. The Labute approximate surface area is 432 Å². The van der Waals surface area contributed by atoms with Crippen LogP contribution < -0.4 is 0 Å². The highest BCUT2D eigenvalue weighted by molar-refractivity contribution is 6.30. The number of rotatable bonds is 5. The van der Waals surface area contributed by atoms with Crippen molar-refractivity contribution in [2.24, 2.45) is 0 Å². The summed E-state index contributed by atoms with van der Waals surface area (Å²) in [4.78, 5) is 0. The number of hydrogen-bond donors (Lipinski definition) is 0. The molecule has 0 fully saturated rings. The van der Waals surface area contributed by atoms with Crippen LogP contribution in [0.2, 0.25) is 0 Å². The molecule has 13 aromatic carbocycles. The second-order valence-corrected chi connectivity index (χ2v) is 21.9. The molecule has 13 aromatic rings. The van der Waals surface area contributed by atoms with Crippen LogP contribution in [-0.4, -0.2) is 0 Å². The Morgan fingerprint density at radius 3 is 1.42 bits per heavy atom. The van der Waals surface area contributed by atoms with Gasteiger partial charge in [-0.15, -0.1) is 0 Å². The molecular weight excluding hydrogens is 889 g/mol. The average molecular weight is 941 g/mol. The monoisotopic (exact) mass is 940 g/mol. The molecule has 0 spiro atoms. The predicted molar refractivity (Wildman–Crippen MR) is 316 cm³/mol. The third-order valence-electron chi connectivity index (χ3n) is 17.2. The highest BCUT2D eigenvalue weighted by Crippen LogP contribution is 2.55. The van der Waals surface area contributed by atoms with Crippen molar-refractivity contribution >= 4 is 53.9 Å². The van der Waals surface area contributed by atoms with Crippen molar-refractivity contribution in [1.82, 2.24) is 0 Å². The zero-order valence-corrected chi connectivity index (χ0v) is 42.1. The van der Waals surface area contributed by atoms with E-state index in [2.05, 4.69) is 270 Å². The van der Waals surface area contributed by atoms with Crippen molar-refractivity contribution in [1.29, 1.82) is 0 Å². The average Bonchev–Trinajstić information content (AvgIpc) is 3.89. The van der Waals surface area contributed by atoms with Crippen molar-refractivity contribution in [2.45, 2.75) is 38.5 Å².